The van der Waals surface area contributed by atoms with Crippen LogP contribution >= 0.6 is 0 Å². The highest BCUT2D eigenvalue weighted by Gasteiger charge is 2.40. The molecule has 142 valence electrons. The molecule has 6 heteroatoms. The smallest absolute Gasteiger partial charge is 0.265 e. The van der Waals surface area contributed by atoms with Gasteiger partial charge in [0.15, 0.2) is 0 Å². The van der Waals surface area contributed by atoms with E-state index in [4.69, 9.17) is 0 Å². The van der Waals surface area contributed by atoms with Crippen molar-refractivity contribution in [3.8, 4) is 0 Å². The van der Waals surface area contributed by atoms with Gasteiger partial charge in [0.05, 0.1) is 16.1 Å². The van der Waals surface area contributed by atoms with E-state index in [0.29, 0.717) is 11.4 Å². The number of amides is 1. The molecule has 0 aromatic heterocycles. The average molecular weight is 385 g/mol. The van der Waals surface area contributed by atoms with Crippen LogP contribution in [0.2, 0.25) is 0 Å². The van der Waals surface area contributed by atoms with Crippen LogP contribution in [0, 0.1) is 6.92 Å². The van der Waals surface area contributed by atoms with E-state index < -0.39 is 15.6 Å². The molecule has 0 aliphatic carbocycles. The maximum atomic E-state index is 13.5. The second kappa shape index (κ2) is 6.53. The second-order valence-electron chi connectivity index (χ2n) is 7.48. The molecule has 0 bridgehead atoms. The lowest BCUT2D eigenvalue weighted by atomic mass is 9.91. The summed E-state index contributed by atoms with van der Waals surface area (Å²) in [6, 6.07) is 12.2. The number of hydrogen-bond donors (Lipinski definition) is 1. The van der Waals surface area contributed by atoms with Gasteiger partial charge in [0.25, 0.3) is 10.0 Å². The summed E-state index contributed by atoms with van der Waals surface area (Å²) in [5.74, 6) is -0.170. The van der Waals surface area contributed by atoms with Crippen molar-refractivity contribution in [2.75, 3.05) is 9.62 Å². The molecule has 0 fully saturated rings. The Labute approximate surface area is 160 Å². The van der Waals surface area contributed by atoms with Gasteiger partial charge in [-0.25, -0.2) is 8.42 Å². The summed E-state index contributed by atoms with van der Waals surface area (Å²) in [5.41, 5.74) is 3.28. The molecule has 2 aromatic rings. The van der Waals surface area contributed by atoms with Gasteiger partial charge in [-0.15, -0.1) is 0 Å². The number of nitrogens with one attached hydrogen (secondary N) is 1. The van der Waals surface area contributed by atoms with Gasteiger partial charge in [0, 0.05) is 18.2 Å². The Hall–Kier alpha value is -2.60. The molecule has 0 unspecified atom stereocenters. The number of fused-ring (bicyclic) bond motifs is 1. The van der Waals surface area contributed by atoms with Crippen LogP contribution in [0.25, 0.3) is 5.57 Å². The number of hydrogen-bond acceptors (Lipinski definition) is 3. The molecule has 0 atom stereocenters. The summed E-state index contributed by atoms with van der Waals surface area (Å²) < 4.78 is 28.4. The molecule has 5 nitrogen and oxygen atoms in total. The van der Waals surface area contributed by atoms with Crippen molar-refractivity contribution in [1.29, 1.82) is 0 Å². The minimum atomic E-state index is -3.76. The van der Waals surface area contributed by atoms with Crippen LogP contribution in [0.5, 0.6) is 0 Å². The van der Waals surface area contributed by atoms with Crippen molar-refractivity contribution in [3.63, 3.8) is 0 Å². The first-order chi connectivity index (χ1) is 12.5. The summed E-state index contributed by atoms with van der Waals surface area (Å²) in [7, 11) is -3.76. The fraction of sp³-hybridized carbons (Fsp3) is 0.286. The molecule has 1 aliphatic rings. The fourth-order valence-corrected chi connectivity index (χ4v) is 5.32. The number of nitrogens with zero attached hydrogens (tertiary/aromatic N) is 1. The highest BCUT2D eigenvalue weighted by Crippen LogP contribution is 2.43. The lowest BCUT2D eigenvalue weighted by molar-refractivity contribution is -0.114. The first-order valence-corrected chi connectivity index (χ1v) is 10.2. The highest BCUT2D eigenvalue weighted by molar-refractivity contribution is 7.93. The normalized spacial score (nSPS) is 15.7. The van der Waals surface area contributed by atoms with Gasteiger partial charge in [-0.2, -0.15) is 0 Å². The number of rotatable bonds is 3. The summed E-state index contributed by atoms with van der Waals surface area (Å²) in [5, 5.41) is 2.75. The van der Waals surface area contributed by atoms with Gasteiger partial charge in [0.1, 0.15) is 0 Å². The van der Waals surface area contributed by atoms with Crippen molar-refractivity contribution in [3.05, 3.63) is 59.7 Å². The van der Waals surface area contributed by atoms with Gasteiger partial charge in [-0.05, 0) is 63.6 Å². The van der Waals surface area contributed by atoms with Crippen LogP contribution in [0.1, 0.15) is 38.8 Å². The van der Waals surface area contributed by atoms with Crippen LogP contribution in [0.15, 0.2) is 53.4 Å². The molecule has 1 heterocycles. The maximum absolute atomic E-state index is 13.5. The maximum Gasteiger partial charge on any atom is 0.265 e. The second-order valence-corrected chi connectivity index (χ2v) is 9.26. The standard InChI is InChI=1S/C21H24N2O3S/c1-14-6-9-18(10-7-14)27(25,26)23-20-11-8-17(22-16(3)24)12-19(20)15(2)13-21(23,4)5/h6-13H,1-5H3,(H,22,24). The van der Waals surface area contributed by atoms with Crippen LogP contribution in [-0.2, 0) is 14.8 Å². The van der Waals surface area contributed by atoms with Gasteiger partial charge >= 0.3 is 0 Å². The Morgan fingerprint density at radius 2 is 1.67 bits per heavy atom. The third kappa shape index (κ3) is 3.49. The zero-order chi connectivity index (χ0) is 20.0. The highest BCUT2D eigenvalue weighted by atomic mass is 32.2. The molecule has 0 spiro atoms. The SMILES string of the molecule is CC(=O)Nc1ccc2c(c1)C(C)=CC(C)(C)N2S(=O)(=O)c1ccc(C)cc1. The predicted octanol–water partition coefficient (Wildman–Crippen LogP) is 4.34. The van der Waals surface area contributed by atoms with Crippen LogP contribution < -0.4 is 9.62 Å². The van der Waals surface area contributed by atoms with Crippen molar-refractivity contribution in [2.45, 2.75) is 45.1 Å². The van der Waals surface area contributed by atoms with Gasteiger partial charge < -0.3 is 5.32 Å². The number of aryl methyl sites for hydroxylation is 1. The topological polar surface area (TPSA) is 66.5 Å². The summed E-state index contributed by atoms with van der Waals surface area (Å²) in [6.45, 7) is 9.08. The Kier molecular flexibility index (Phi) is 4.64. The number of carbonyl (C=O) groups is 1. The first-order valence-electron chi connectivity index (χ1n) is 8.76. The van der Waals surface area contributed by atoms with Crippen molar-refractivity contribution >= 4 is 32.9 Å². The number of sulfonamides is 1. The molecule has 1 N–H and O–H groups in total. The van der Waals surface area contributed by atoms with Crippen LogP contribution in [0.3, 0.4) is 0 Å². The van der Waals surface area contributed by atoms with E-state index >= 15 is 0 Å². The molecule has 27 heavy (non-hydrogen) atoms. The molecule has 0 saturated heterocycles. The van der Waals surface area contributed by atoms with Gasteiger partial charge in [-0.3, -0.25) is 9.10 Å². The third-order valence-electron chi connectivity index (χ3n) is 4.61. The van der Waals surface area contributed by atoms with Gasteiger partial charge in [0.2, 0.25) is 5.91 Å². The molecule has 1 aliphatic heterocycles. The Balaban J connectivity index is 2.18. The lowest BCUT2D eigenvalue weighted by Gasteiger charge is -2.42. The molecule has 2 aromatic carbocycles. The first kappa shape index (κ1) is 19.2. The average Bonchev–Trinajstić information content (AvgIpc) is 2.54. The van der Waals surface area contributed by atoms with Crippen LogP contribution in [0.4, 0.5) is 11.4 Å². The monoisotopic (exact) mass is 384 g/mol. The van der Waals surface area contributed by atoms with E-state index in [2.05, 4.69) is 5.32 Å². The van der Waals surface area contributed by atoms with E-state index in [1.807, 2.05) is 39.8 Å². The van der Waals surface area contributed by atoms with E-state index in [1.165, 1.54) is 11.2 Å². The fourth-order valence-electron chi connectivity index (χ4n) is 3.54. The molecule has 3 rings (SSSR count). The molecular formula is C21H24N2O3S. The van der Waals surface area contributed by atoms with Crippen molar-refractivity contribution in [1.82, 2.24) is 0 Å². The van der Waals surface area contributed by atoms with Crippen LogP contribution in [-0.4, -0.2) is 19.9 Å². The molecular weight excluding hydrogens is 360 g/mol. The number of allylic oxidation sites excluding steroid dienone is 1. The minimum Gasteiger partial charge on any atom is -0.326 e. The number of benzene rings is 2. The van der Waals surface area contributed by atoms with E-state index in [0.717, 1.165) is 16.7 Å². The summed E-state index contributed by atoms with van der Waals surface area (Å²) >= 11 is 0. The van der Waals surface area contributed by atoms with E-state index in [9.17, 15) is 13.2 Å². The predicted molar refractivity (Wildman–Crippen MR) is 109 cm³/mol. The Bertz CT molecular complexity index is 1040. The van der Waals surface area contributed by atoms with Gasteiger partial charge in [-0.1, -0.05) is 23.8 Å². The lowest BCUT2D eigenvalue weighted by Crippen LogP contribution is -2.48. The molecule has 0 saturated carbocycles. The Morgan fingerprint density at radius 3 is 2.26 bits per heavy atom. The zero-order valence-electron chi connectivity index (χ0n) is 16.2. The van der Waals surface area contributed by atoms with E-state index in [1.54, 1.807) is 36.4 Å². The number of carbonyl (C=O) groups excluding carboxylic acids is 1. The largest absolute Gasteiger partial charge is 0.326 e. The summed E-state index contributed by atoms with van der Waals surface area (Å²) in [4.78, 5) is 11.6. The van der Waals surface area contributed by atoms with Crippen molar-refractivity contribution in [2.24, 2.45) is 0 Å². The Morgan fingerprint density at radius 1 is 1.04 bits per heavy atom. The molecule has 1 amide bonds. The van der Waals surface area contributed by atoms with Crippen molar-refractivity contribution < 1.29 is 13.2 Å². The quantitative estimate of drug-likeness (QED) is 0.856. The van der Waals surface area contributed by atoms with E-state index in [-0.39, 0.29) is 10.8 Å². The number of anilines is 2. The zero-order valence-corrected chi connectivity index (χ0v) is 17.0. The minimum absolute atomic E-state index is 0.170. The third-order valence-corrected chi connectivity index (χ3v) is 6.63. The molecule has 0 radical (unpaired) electrons. The summed E-state index contributed by atoms with van der Waals surface area (Å²) in [6.07, 6.45) is 1.94.